The van der Waals surface area contributed by atoms with Crippen molar-refractivity contribution in [3.8, 4) is 0 Å². The van der Waals surface area contributed by atoms with Gasteiger partial charge in [0.1, 0.15) is 0 Å². The second kappa shape index (κ2) is 8.13. The van der Waals surface area contributed by atoms with Crippen LogP contribution in [0.15, 0.2) is 5.16 Å². The van der Waals surface area contributed by atoms with Crippen molar-refractivity contribution >= 4 is 11.8 Å². The Bertz CT molecular complexity index is 408. The molecule has 6 heteroatoms. The second-order valence-corrected chi connectivity index (χ2v) is 7.40. The highest BCUT2D eigenvalue weighted by Crippen LogP contribution is 2.31. The van der Waals surface area contributed by atoms with Crippen LogP contribution in [-0.2, 0) is 0 Å². The van der Waals surface area contributed by atoms with Gasteiger partial charge in [0.05, 0.1) is 6.04 Å². The van der Waals surface area contributed by atoms with Crippen LogP contribution in [0.3, 0.4) is 0 Å². The van der Waals surface area contributed by atoms with E-state index in [1.54, 1.807) is 11.8 Å². The van der Waals surface area contributed by atoms with E-state index in [0.717, 1.165) is 23.5 Å². The normalized spacial score (nSPS) is 21.7. The van der Waals surface area contributed by atoms with Gasteiger partial charge in [-0.25, -0.2) is 4.68 Å². The van der Waals surface area contributed by atoms with Crippen molar-refractivity contribution in [3.05, 3.63) is 0 Å². The van der Waals surface area contributed by atoms with E-state index in [1.165, 1.54) is 64.2 Å². The minimum atomic E-state index is 0.539. The molecule has 1 N–H and O–H groups in total. The van der Waals surface area contributed by atoms with Crippen LogP contribution >= 0.6 is 11.8 Å². The third kappa shape index (κ3) is 4.42. The Morgan fingerprint density at radius 3 is 2.48 bits per heavy atom. The lowest BCUT2D eigenvalue weighted by Gasteiger charge is -2.16. The van der Waals surface area contributed by atoms with Gasteiger partial charge in [-0.1, -0.05) is 50.3 Å². The van der Waals surface area contributed by atoms with E-state index < -0.39 is 0 Å². The van der Waals surface area contributed by atoms with E-state index in [2.05, 4.69) is 25.5 Å². The van der Waals surface area contributed by atoms with Gasteiger partial charge >= 0.3 is 0 Å². The molecular formula is C15H27N5S. The van der Waals surface area contributed by atoms with Gasteiger partial charge in [0.15, 0.2) is 0 Å². The van der Waals surface area contributed by atoms with Gasteiger partial charge in [-0.3, -0.25) is 0 Å². The molecule has 0 spiro atoms. The standard InChI is InChI=1S/C15H27N5S/c1-2-4-8-13(7-3-1)16-11-12-21-15-17-18-19-20(15)14-9-5-6-10-14/h13-14,16H,1-12H2. The number of aromatic nitrogens is 4. The molecule has 2 saturated carbocycles. The van der Waals surface area contributed by atoms with Crippen molar-refractivity contribution in [1.82, 2.24) is 25.5 Å². The fourth-order valence-electron chi connectivity index (χ4n) is 3.55. The summed E-state index contributed by atoms with van der Waals surface area (Å²) in [5.41, 5.74) is 0. The van der Waals surface area contributed by atoms with E-state index in [4.69, 9.17) is 0 Å². The zero-order valence-electron chi connectivity index (χ0n) is 12.8. The maximum atomic E-state index is 4.20. The summed E-state index contributed by atoms with van der Waals surface area (Å²) < 4.78 is 2.06. The van der Waals surface area contributed by atoms with E-state index in [1.807, 2.05) is 0 Å². The highest BCUT2D eigenvalue weighted by molar-refractivity contribution is 7.99. The Balaban J connectivity index is 1.40. The minimum absolute atomic E-state index is 0.539. The first kappa shape index (κ1) is 15.3. The van der Waals surface area contributed by atoms with E-state index in [9.17, 15) is 0 Å². The third-order valence-corrected chi connectivity index (χ3v) is 5.69. The van der Waals surface area contributed by atoms with E-state index in [0.29, 0.717) is 6.04 Å². The number of hydrogen-bond donors (Lipinski definition) is 1. The maximum Gasteiger partial charge on any atom is 0.209 e. The highest BCUT2D eigenvalue weighted by atomic mass is 32.2. The number of nitrogens with zero attached hydrogens (tertiary/aromatic N) is 4. The molecule has 5 nitrogen and oxygen atoms in total. The molecule has 1 aromatic heterocycles. The number of nitrogens with one attached hydrogen (secondary N) is 1. The summed E-state index contributed by atoms with van der Waals surface area (Å²) in [6, 6.07) is 1.27. The molecular weight excluding hydrogens is 282 g/mol. The molecule has 1 aromatic rings. The van der Waals surface area contributed by atoms with Crippen LogP contribution in [0.5, 0.6) is 0 Å². The molecule has 1 heterocycles. The van der Waals surface area contributed by atoms with Gasteiger partial charge < -0.3 is 5.32 Å². The van der Waals surface area contributed by atoms with Crippen molar-refractivity contribution in [3.63, 3.8) is 0 Å². The molecule has 3 rings (SSSR count). The molecule has 0 radical (unpaired) electrons. The van der Waals surface area contributed by atoms with Crippen LogP contribution in [0.1, 0.15) is 70.3 Å². The summed E-state index contributed by atoms with van der Waals surface area (Å²) in [5, 5.41) is 17.0. The van der Waals surface area contributed by atoms with Gasteiger partial charge in [-0.2, -0.15) is 0 Å². The van der Waals surface area contributed by atoms with Gasteiger partial charge in [-0.15, -0.1) is 5.10 Å². The van der Waals surface area contributed by atoms with Gasteiger partial charge in [-0.05, 0) is 36.1 Å². The number of thioether (sulfide) groups is 1. The van der Waals surface area contributed by atoms with E-state index >= 15 is 0 Å². The zero-order valence-corrected chi connectivity index (χ0v) is 13.7. The van der Waals surface area contributed by atoms with Crippen LogP contribution in [0.25, 0.3) is 0 Å². The molecule has 2 aliphatic carbocycles. The van der Waals surface area contributed by atoms with Crippen LogP contribution in [0.2, 0.25) is 0 Å². The lowest BCUT2D eigenvalue weighted by atomic mass is 10.1. The molecule has 0 unspecified atom stereocenters. The molecule has 0 aliphatic heterocycles. The van der Waals surface area contributed by atoms with Crippen molar-refractivity contribution in [2.45, 2.75) is 81.4 Å². The third-order valence-electron chi connectivity index (χ3n) is 4.75. The number of rotatable bonds is 6. The van der Waals surface area contributed by atoms with Crippen LogP contribution in [0.4, 0.5) is 0 Å². The summed E-state index contributed by atoms with van der Waals surface area (Å²) >= 11 is 1.80. The Hall–Kier alpha value is -0.620. The molecule has 0 atom stereocenters. The van der Waals surface area contributed by atoms with Crippen molar-refractivity contribution < 1.29 is 0 Å². The van der Waals surface area contributed by atoms with Crippen molar-refractivity contribution in [2.75, 3.05) is 12.3 Å². The fourth-order valence-corrected chi connectivity index (χ4v) is 4.36. The largest absolute Gasteiger partial charge is 0.313 e. The predicted octanol–water partition coefficient (Wildman–Crippen LogP) is 3.19. The van der Waals surface area contributed by atoms with Crippen LogP contribution in [0, 0.1) is 0 Å². The summed E-state index contributed by atoms with van der Waals surface area (Å²) in [6.45, 7) is 1.06. The van der Waals surface area contributed by atoms with Crippen molar-refractivity contribution in [1.29, 1.82) is 0 Å². The molecule has 2 aliphatic rings. The predicted molar refractivity (Wildman–Crippen MR) is 85.5 cm³/mol. The van der Waals surface area contributed by atoms with Gasteiger partial charge in [0.2, 0.25) is 5.16 Å². The van der Waals surface area contributed by atoms with Crippen LogP contribution < -0.4 is 5.32 Å². The first-order valence-electron chi connectivity index (χ1n) is 8.57. The summed E-state index contributed by atoms with van der Waals surface area (Å²) in [6.07, 6.45) is 13.4. The molecule has 0 aromatic carbocycles. The Labute approximate surface area is 131 Å². The molecule has 21 heavy (non-hydrogen) atoms. The molecule has 0 saturated heterocycles. The first-order chi connectivity index (χ1) is 10.4. The lowest BCUT2D eigenvalue weighted by Crippen LogP contribution is -2.30. The smallest absolute Gasteiger partial charge is 0.209 e. The van der Waals surface area contributed by atoms with Gasteiger partial charge in [0, 0.05) is 18.3 Å². The molecule has 0 amide bonds. The topological polar surface area (TPSA) is 55.6 Å². The molecule has 2 fully saturated rings. The lowest BCUT2D eigenvalue weighted by molar-refractivity contribution is 0.423. The first-order valence-corrected chi connectivity index (χ1v) is 9.56. The number of tetrazole rings is 1. The monoisotopic (exact) mass is 309 g/mol. The van der Waals surface area contributed by atoms with E-state index in [-0.39, 0.29) is 0 Å². The zero-order chi connectivity index (χ0) is 14.3. The Kier molecular flexibility index (Phi) is 5.92. The summed E-state index contributed by atoms with van der Waals surface area (Å²) in [4.78, 5) is 0. The minimum Gasteiger partial charge on any atom is -0.313 e. The van der Waals surface area contributed by atoms with Gasteiger partial charge in [0.25, 0.3) is 0 Å². The SMILES string of the molecule is C1CCCC(NCCSc2nnnn2C2CCCC2)CC1. The molecule has 0 bridgehead atoms. The quantitative estimate of drug-likeness (QED) is 0.497. The Morgan fingerprint density at radius 1 is 1.00 bits per heavy atom. The summed E-state index contributed by atoms with van der Waals surface area (Å²) in [5.74, 6) is 1.06. The molecule has 118 valence electrons. The Morgan fingerprint density at radius 2 is 1.71 bits per heavy atom. The average molecular weight is 309 g/mol. The summed E-state index contributed by atoms with van der Waals surface area (Å²) in [7, 11) is 0. The maximum absolute atomic E-state index is 4.20. The number of hydrogen-bond acceptors (Lipinski definition) is 5. The second-order valence-electron chi connectivity index (χ2n) is 6.34. The average Bonchev–Trinajstić information content (AvgIpc) is 3.11. The van der Waals surface area contributed by atoms with Crippen molar-refractivity contribution in [2.24, 2.45) is 0 Å². The van der Waals surface area contributed by atoms with Crippen LogP contribution in [-0.4, -0.2) is 38.5 Å². The fraction of sp³-hybridized carbons (Fsp3) is 0.933. The highest BCUT2D eigenvalue weighted by Gasteiger charge is 2.21.